The van der Waals surface area contributed by atoms with Crippen molar-refractivity contribution in [2.75, 3.05) is 26.4 Å². The van der Waals surface area contributed by atoms with E-state index >= 15 is 0 Å². The van der Waals surface area contributed by atoms with E-state index in [9.17, 15) is 4.79 Å². The number of carbonyl (C=O) groups is 1. The number of carbonyl (C=O) groups excluding carboxylic acids is 1. The minimum absolute atomic E-state index is 0.176. The lowest BCUT2D eigenvalue weighted by Crippen LogP contribution is -2.41. The van der Waals surface area contributed by atoms with E-state index in [0.717, 1.165) is 11.3 Å². The van der Waals surface area contributed by atoms with Crippen LogP contribution in [0.2, 0.25) is 0 Å². The predicted molar refractivity (Wildman–Crippen MR) is 100 cm³/mol. The first-order valence-electron chi connectivity index (χ1n) is 9.00. The van der Waals surface area contributed by atoms with Gasteiger partial charge in [-0.15, -0.1) is 0 Å². The largest absolute Gasteiger partial charge is 0.490 e. The average Bonchev–Trinajstić information content (AvgIpc) is 2.72. The van der Waals surface area contributed by atoms with Crippen molar-refractivity contribution in [3.63, 3.8) is 0 Å². The molecule has 6 nitrogen and oxygen atoms in total. The van der Waals surface area contributed by atoms with Crippen molar-refractivity contribution in [2.24, 2.45) is 0 Å². The maximum atomic E-state index is 12.5. The van der Waals surface area contributed by atoms with E-state index in [1.54, 1.807) is 0 Å². The lowest BCUT2D eigenvalue weighted by molar-refractivity contribution is -0.118. The van der Waals surface area contributed by atoms with Gasteiger partial charge in [0.2, 0.25) is 0 Å². The third-order valence-corrected chi connectivity index (χ3v) is 4.36. The first kappa shape index (κ1) is 17.3. The fraction of sp³-hybridized carbons (Fsp3) is 0.286. The summed E-state index contributed by atoms with van der Waals surface area (Å²) in [5, 5.41) is 2.90. The van der Waals surface area contributed by atoms with Crippen LogP contribution in [0, 0.1) is 0 Å². The number of fused-ring (bicyclic) bond motifs is 2. The molecule has 0 fully saturated rings. The molecule has 0 saturated heterocycles. The summed E-state index contributed by atoms with van der Waals surface area (Å²) in [5.74, 6) is 2.62. The Morgan fingerprint density at radius 2 is 2.00 bits per heavy atom. The summed E-state index contributed by atoms with van der Waals surface area (Å²) in [6.45, 7) is 3.44. The van der Waals surface area contributed by atoms with Gasteiger partial charge in [-0.1, -0.05) is 24.3 Å². The van der Waals surface area contributed by atoms with E-state index in [1.165, 1.54) is 0 Å². The van der Waals surface area contributed by atoms with Gasteiger partial charge in [-0.25, -0.2) is 0 Å². The maximum Gasteiger partial charge on any atom is 0.250 e. The number of para-hydroxylation sites is 3. The highest BCUT2D eigenvalue weighted by atomic mass is 16.6. The highest BCUT2D eigenvalue weighted by molar-refractivity contribution is 5.99. The normalized spacial score (nSPS) is 17.2. The van der Waals surface area contributed by atoms with E-state index in [-0.39, 0.29) is 18.6 Å². The highest BCUT2D eigenvalue weighted by Crippen LogP contribution is 2.36. The molecule has 4 rings (SSSR count). The second-order valence-electron chi connectivity index (χ2n) is 6.27. The summed E-state index contributed by atoms with van der Waals surface area (Å²) < 4.78 is 22.9. The lowest BCUT2D eigenvalue weighted by atomic mass is 10.1. The molecule has 2 aromatic rings. The van der Waals surface area contributed by atoms with Crippen LogP contribution in [0.5, 0.6) is 23.0 Å². The zero-order valence-corrected chi connectivity index (χ0v) is 15.1. The van der Waals surface area contributed by atoms with Crippen LogP contribution in [0.3, 0.4) is 0 Å². The Morgan fingerprint density at radius 1 is 1.15 bits per heavy atom. The fourth-order valence-corrected chi connectivity index (χ4v) is 3.06. The van der Waals surface area contributed by atoms with Crippen LogP contribution in [-0.4, -0.2) is 38.4 Å². The molecule has 1 amide bonds. The molecular weight excluding hydrogens is 346 g/mol. The minimum atomic E-state index is -0.231. The Hall–Kier alpha value is -3.15. The number of nitrogens with one attached hydrogen (secondary N) is 1. The number of hydrogen-bond donors (Lipinski definition) is 1. The van der Waals surface area contributed by atoms with Crippen molar-refractivity contribution < 1.29 is 23.7 Å². The van der Waals surface area contributed by atoms with Gasteiger partial charge >= 0.3 is 0 Å². The van der Waals surface area contributed by atoms with E-state index in [0.29, 0.717) is 42.6 Å². The van der Waals surface area contributed by atoms with Crippen molar-refractivity contribution in [2.45, 2.75) is 13.0 Å². The molecule has 0 radical (unpaired) electrons. The predicted octanol–water partition coefficient (Wildman–Crippen LogP) is 2.82. The SMILES string of the molecule is CCOc1cccc2c1OCC(C(=O)NCC1COc3ccccc3O1)=C2. The number of ether oxygens (including phenoxy) is 4. The molecule has 0 aliphatic carbocycles. The summed E-state index contributed by atoms with van der Waals surface area (Å²) in [6, 6.07) is 13.2. The van der Waals surface area contributed by atoms with Gasteiger partial charge in [-0.05, 0) is 31.2 Å². The van der Waals surface area contributed by atoms with E-state index < -0.39 is 0 Å². The summed E-state index contributed by atoms with van der Waals surface area (Å²) in [5.41, 5.74) is 1.40. The third-order valence-electron chi connectivity index (χ3n) is 4.36. The molecule has 2 aromatic carbocycles. The van der Waals surface area contributed by atoms with Crippen LogP contribution < -0.4 is 24.3 Å². The highest BCUT2D eigenvalue weighted by Gasteiger charge is 2.24. The molecule has 2 heterocycles. The smallest absolute Gasteiger partial charge is 0.250 e. The van der Waals surface area contributed by atoms with Gasteiger partial charge in [-0.3, -0.25) is 4.79 Å². The Kier molecular flexibility index (Phi) is 4.87. The molecule has 1 N–H and O–H groups in total. The Bertz CT molecular complexity index is 877. The Morgan fingerprint density at radius 3 is 2.85 bits per heavy atom. The van der Waals surface area contributed by atoms with E-state index in [2.05, 4.69) is 5.32 Å². The van der Waals surface area contributed by atoms with Gasteiger partial charge in [0.25, 0.3) is 5.91 Å². The minimum Gasteiger partial charge on any atom is -0.490 e. The Labute approximate surface area is 157 Å². The van der Waals surface area contributed by atoms with Crippen LogP contribution in [0.1, 0.15) is 12.5 Å². The first-order valence-corrected chi connectivity index (χ1v) is 9.00. The molecule has 0 saturated carbocycles. The first-order chi connectivity index (χ1) is 13.2. The standard InChI is InChI=1S/C21H21NO5/c1-2-24-19-9-5-6-14-10-15(12-26-20(14)19)21(23)22-11-16-13-25-17-7-3-4-8-18(17)27-16/h3-10,16H,2,11-13H2,1H3,(H,22,23). The van der Waals surface area contributed by atoms with Crippen molar-refractivity contribution >= 4 is 12.0 Å². The number of rotatable bonds is 5. The number of hydrogen-bond acceptors (Lipinski definition) is 5. The van der Waals surface area contributed by atoms with Crippen molar-refractivity contribution in [1.29, 1.82) is 0 Å². The second-order valence-corrected chi connectivity index (χ2v) is 6.27. The van der Waals surface area contributed by atoms with Crippen molar-refractivity contribution in [3.05, 3.63) is 53.6 Å². The monoisotopic (exact) mass is 367 g/mol. The summed E-state index contributed by atoms with van der Waals surface area (Å²) in [4.78, 5) is 12.5. The van der Waals surface area contributed by atoms with Gasteiger partial charge in [-0.2, -0.15) is 0 Å². The van der Waals surface area contributed by atoms with Crippen molar-refractivity contribution in [3.8, 4) is 23.0 Å². The molecule has 0 aromatic heterocycles. The van der Waals surface area contributed by atoms with Gasteiger partial charge in [0.15, 0.2) is 23.0 Å². The molecule has 0 bridgehead atoms. The van der Waals surface area contributed by atoms with Crippen LogP contribution in [0.25, 0.3) is 6.08 Å². The summed E-state index contributed by atoms with van der Waals surface area (Å²) in [6.07, 6.45) is 1.61. The average molecular weight is 367 g/mol. The number of amides is 1. The zero-order chi connectivity index (χ0) is 18.6. The van der Waals surface area contributed by atoms with Crippen molar-refractivity contribution in [1.82, 2.24) is 5.32 Å². The van der Waals surface area contributed by atoms with Gasteiger partial charge < -0.3 is 24.3 Å². The fourth-order valence-electron chi connectivity index (χ4n) is 3.06. The van der Waals surface area contributed by atoms with Crippen LogP contribution in [0.4, 0.5) is 0 Å². The molecule has 1 unspecified atom stereocenters. The molecule has 27 heavy (non-hydrogen) atoms. The summed E-state index contributed by atoms with van der Waals surface area (Å²) in [7, 11) is 0. The second kappa shape index (κ2) is 7.61. The lowest BCUT2D eigenvalue weighted by Gasteiger charge is -2.27. The molecule has 2 aliphatic heterocycles. The molecule has 0 spiro atoms. The number of benzene rings is 2. The van der Waals surface area contributed by atoms with Gasteiger partial charge in [0, 0.05) is 5.56 Å². The molecule has 6 heteroatoms. The van der Waals surface area contributed by atoms with Crippen LogP contribution in [0.15, 0.2) is 48.0 Å². The van der Waals surface area contributed by atoms with E-state index in [1.807, 2.05) is 55.5 Å². The molecule has 140 valence electrons. The van der Waals surface area contributed by atoms with Crippen LogP contribution in [-0.2, 0) is 4.79 Å². The van der Waals surface area contributed by atoms with Crippen LogP contribution >= 0.6 is 0 Å². The summed E-state index contributed by atoms with van der Waals surface area (Å²) >= 11 is 0. The third kappa shape index (κ3) is 3.69. The van der Waals surface area contributed by atoms with Gasteiger partial charge in [0.05, 0.1) is 18.7 Å². The Balaban J connectivity index is 1.39. The van der Waals surface area contributed by atoms with E-state index in [4.69, 9.17) is 18.9 Å². The topological polar surface area (TPSA) is 66.0 Å². The molecular formula is C21H21NO5. The zero-order valence-electron chi connectivity index (χ0n) is 15.1. The molecule has 1 atom stereocenters. The quantitative estimate of drug-likeness (QED) is 0.880. The van der Waals surface area contributed by atoms with Gasteiger partial charge in [0.1, 0.15) is 19.3 Å². The molecule has 2 aliphatic rings. The maximum absolute atomic E-state index is 12.5.